The van der Waals surface area contributed by atoms with Crippen molar-refractivity contribution in [2.75, 3.05) is 6.54 Å². The van der Waals surface area contributed by atoms with E-state index in [9.17, 15) is 0 Å². The Balaban J connectivity index is 1.96. The van der Waals surface area contributed by atoms with Gasteiger partial charge in [-0.25, -0.2) is 0 Å². The third-order valence-corrected chi connectivity index (χ3v) is 4.33. The van der Waals surface area contributed by atoms with Crippen LogP contribution in [0.25, 0.3) is 0 Å². The molecule has 4 heteroatoms. The summed E-state index contributed by atoms with van der Waals surface area (Å²) in [5.41, 5.74) is 7.16. The van der Waals surface area contributed by atoms with Crippen LogP contribution in [0.1, 0.15) is 42.9 Å². The molecule has 2 aromatic rings. The molecule has 0 bridgehead atoms. The molecule has 0 amide bonds. The molecule has 0 saturated heterocycles. The number of nitrogens with zero attached hydrogens (tertiary/aromatic N) is 3. The summed E-state index contributed by atoms with van der Waals surface area (Å²) in [4.78, 5) is 0. The highest BCUT2D eigenvalue weighted by Crippen LogP contribution is 2.29. The summed E-state index contributed by atoms with van der Waals surface area (Å²) in [6, 6.07) is 10.6. The van der Waals surface area contributed by atoms with E-state index in [1.165, 1.54) is 5.56 Å². The Morgan fingerprint density at radius 3 is 2.80 bits per heavy atom. The van der Waals surface area contributed by atoms with Crippen LogP contribution in [0, 0.1) is 5.92 Å². The molecule has 2 unspecified atom stereocenters. The second kappa shape index (κ2) is 5.75. The molecule has 1 aromatic carbocycles. The summed E-state index contributed by atoms with van der Waals surface area (Å²) in [6.45, 7) is 3.93. The lowest BCUT2D eigenvalue weighted by molar-refractivity contribution is 0.363. The van der Waals surface area contributed by atoms with E-state index in [2.05, 4.69) is 52.0 Å². The van der Waals surface area contributed by atoms with Crippen molar-refractivity contribution in [3.8, 4) is 0 Å². The van der Waals surface area contributed by atoms with Crippen LogP contribution in [0.5, 0.6) is 0 Å². The highest BCUT2D eigenvalue weighted by Gasteiger charge is 2.26. The molecule has 2 N–H and O–H groups in total. The zero-order valence-corrected chi connectivity index (χ0v) is 12.0. The summed E-state index contributed by atoms with van der Waals surface area (Å²) in [5.74, 6) is 3.12. The minimum atomic E-state index is 0.328. The fraction of sp³-hybridized carbons (Fsp3) is 0.500. The minimum Gasteiger partial charge on any atom is -0.330 e. The van der Waals surface area contributed by atoms with Gasteiger partial charge in [-0.3, -0.25) is 0 Å². The van der Waals surface area contributed by atoms with Crippen molar-refractivity contribution in [1.29, 1.82) is 0 Å². The predicted octanol–water partition coefficient (Wildman–Crippen LogP) is 2.34. The number of aromatic nitrogens is 3. The Labute approximate surface area is 120 Å². The third-order valence-electron chi connectivity index (χ3n) is 4.33. The Morgan fingerprint density at radius 2 is 2.10 bits per heavy atom. The molecular formula is C16H22N4. The van der Waals surface area contributed by atoms with Crippen LogP contribution in [0.15, 0.2) is 30.3 Å². The van der Waals surface area contributed by atoms with Crippen LogP contribution < -0.4 is 5.73 Å². The van der Waals surface area contributed by atoms with Gasteiger partial charge in [0.1, 0.15) is 11.6 Å². The number of nitrogens with two attached hydrogens (primary N) is 1. The van der Waals surface area contributed by atoms with Crippen molar-refractivity contribution >= 4 is 0 Å². The van der Waals surface area contributed by atoms with E-state index in [-0.39, 0.29) is 0 Å². The van der Waals surface area contributed by atoms with Gasteiger partial charge < -0.3 is 10.3 Å². The van der Waals surface area contributed by atoms with Gasteiger partial charge >= 0.3 is 0 Å². The first kappa shape index (κ1) is 13.3. The maximum atomic E-state index is 5.84. The average molecular weight is 270 g/mol. The fourth-order valence-electron chi connectivity index (χ4n) is 3.12. The predicted molar refractivity (Wildman–Crippen MR) is 79.5 cm³/mol. The third kappa shape index (κ3) is 2.36. The molecular weight excluding hydrogens is 248 g/mol. The summed E-state index contributed by atoms with van der Waals surface area (Å²) in [5, 5.41) is 8.88. The van der Waals surface area contributed by atoms with Gasteiger partial charge in [-0.2, -0.15) is 0 Å². The first-order chi connectivity index (χ1) is 9.83. The van der Waals surface area contributed by atoms with Gasteiger partial charge in [0, 0.05) is 18.9 Å². The van der Waals surface area contributed by atoms with Crippen LogP contribution in [0.3, 0.4) is 0 Å². The molecule has 4 nitrogen and oxygen atoms in total. The summed E-state index contributed by atoms with van der Waals surface area (Å²) >= 11 is 0. The van der Waals surface area contributed by atoms with Crippen LogP contribution in [-0.4, -0.2) is 21.3 Å². The zero-order valence-electron chi connectivity index (χ0n) is 12.0. The lowest BCUT2D eigenvalue weighted by Crippen LogP contribution is -2.28. The topological polar surface area (TPSA) is 56.7 Å². The maximum absolute atomic E-state index is 5.84. The number of hydrogen-bond acceptors (Lipinski definition) is 3. The van der Waals surface area contributed by atoms with E-state index >= 15 is 0 Å². The normalized spacial score (nSPS) is 19.6. The minimum absolute atomic E-state index is 0.328. The Hall–Kier alpha value is -1.68. The average Bonchev–Trinajstić information content (AvgIpc) is 2.92. The van der Waals surface area contributed by atoms with E-state index in [1.54, 1.807) is 0 Å². The van der Waals surface area contributed by atoms with Crippen LogP contribution >= 0.6 is 0 Å². The van der Waals surface area contributed by atoms with Gasteiger partial charge in [0.2, 0.25) is 0 Å². The fourth-order valence-corrected chi connectivity index (χ4v) is 3.12. The van der Waals surface area contributed by atoms with Gasteiger partial charge in [0.05, 0.1) is 0 Å². The molecule has 0 spiro atoms. The lowest BCUT2D eigenvalue weighted by atomic mass is 9.94. The van der Waals surface area contributed by atoms with Gasteiger partial charge in [-0.15, -0.1) is 10.2 Å². The summed E-state index contributed by atoms with van der Waals surface area (Å²) in [7, 11) is 0. The van der Waals surface area contributed by atoms with Gasteiger partial charge in [0.15, 0.2) is 0 Å². The largest absolute Gasteiger partial charge is 0.330 e. The van der Waals surface area contributed by atoms with Crippen molar-refractivity contribution in [3.63, 3.8) is 0 Å². The molecule has 0 aliphatic carbocycles. The molecule has 1 aromatic heterocycles. The molecule has 1 aliphatic heterocycles. The quantitative estimate of drug-likeness (QED) is 0.927. The zero-order chi connectivity index (χ0) is 13.9. The number of fused-ring (bicyclic) bond motifs is 1. The smallest absolute Gasteiger partial charge is 0.140 e. The SMILES string of the molecule is CCC(c1ccccc1)c1nnc2n1CC(CN)CC2. The highest BCUT2D eigenvalue weighted by atomic mass is 15.3. The lowest BCUT2D eigenvalue weighted by Gasteiger charge is -2.25. The van der Waals surface area contributed by atoms with Gasteiger partial charge in [-0.05, 0) is 30.9 Å². The van der Waals surface area contributed by atoms with Crippen LogP contribution in [-0.2, 0) is 13.0 Å². The van der Waals surface area contributed by atoms with Crippen molar-refractivity contribution in [1.82, 2.24) is 14.8 Å². The Bertz CT molecular complexity index is 561. The van der Waals surface area contributed by atoms with E-state index in [1.807, 2.05) is 0 Å². The summed E-state index contributed by atoms with van der Waals surface area (Å²) in [6.07, 6.45) is 3.17. The van der Waals surface area contributed by atoms with E-state index < -0.39 is 0 Å². The standard InChI is InChI=1S/C16H22N4/c1-2-14(13-6-4-3-5-7-13)16-19-18-15-9-8-12(10-17)11-20(15)16/h3-7,12,14H,2,8-11,17H2,1H3. The molecule has 0 radical (unpaired) electrons. The molecule has 0 saturated carbocycles. The molecule has 2 atom stereocenters. The Kier molecular flexibility index (Phi) is 3.83. The second-order valence-electron chi connectivity index (χ2n) is 5.60. The highest BCUT2D eigenvalue weighted by molar-refractivity contribution is 5.26. The van der Waals surface area contributed by atoms with Crippen LogP contribution in [0.2, 0.25) is 0 Å². The molecule has 0 fully saturated rings. The van der Waals surface area contributed by atoms with Crippen molar-refractivity contribution in [2.24, 2.45) is 11.7 Å². The second-order valence-corrected chi connectivity index (χ2v) is 5.60. The molecule has 20 heavy (non-hydrogen) atoms. The molecule has 2 heterocycles. The van der Waals surface area contributed by atoms with E-state index in [0.717, 1.165) is 44.0 Å². The van der Waals surface area contributed by atoms with E-state index in [0.29, 0.717) is 11.8 Å². The monoisotopic (exact) mass is 270 g/mol. The molecule has 1 aliphatic rings. The number of hydrogen-bond donors (Lipinski definition) is 1. The first-order valence-electron chi connectivity index (χ1n) is 7.50. The number of rotatable bonds is 4. The number of benzene rings is 1. The van der Waals surface area contributed by atoms with Gasteiger partial charge in [0.25, 0.3) is 0 Å². The maximum Gasteiger partial charge on any atom is 0.140 e. The summed E-state index contributed by atoms with van der Waals surface area (Å²) < 4.78 is 2.31. The van der Waals surface area contributed by atoms with Gasteiger partial charge in [-0.1, -0.05) is 37.3 Å². The van der Waals surface area contributed by atoms with Crippen LogP contribution in [0.4, 0.5) is 0 Å². The van der Waals surface area contributed by atoms with Crippen molar-refractivity contribution in [2.45, 2.75) is 38.6 Å². The van der Waals surface area contributed by atoms with E-state index in [4.69, 9.17) is 5.73 Å². The Morgan fingerprint density at radius 1 is 1.30 bits per heavy atom. The molecule has 3 rings (SSSR count). The van der Waals surface area contributed by atoms with Crippen molar-refractivity contribution < 1.29 is 0 Å². The first-order valence-corrected chi connectivity index (χ1v) is 7.50. The van der Waals surface area contributed by atoms with Crippen molar-refractivity contribution in [3.05, 3.63) is 47.5 Å². The number of aryl methyl sites for hydroxylation is 1. The molecule has 106 valence electrons.